The molecule has 1 aliphatic rings. The second-order valence-electron chi connectivity index (χ2n) is 6.49. The van der Waals surface area contributed by atoms with Crippen molar-refractivity contribution in [1.82, 2.24) is 15.1 Å². The first-order valence-electron chi connectivity index (χ1n) is 8.41. The highest BCUT2D eigenvalue weighted by atomic mass is 16.4. The van der Waals surface area contributed by atoms with Crippen molar-refractivity contribution in [3.05, 3.63) is 63.3 Å². The highest BCUT2D eigenvalue weighted by Crippen LogP contribution is 2.35. The lowest BCUT2D eigenvalue weighted by molar-refractivity contribution is 0.0731. The third kappa shape index (κ3) is 2.54. The van der Waals surface area contributed by atoms with Crippen LogP contribution >= 0.6 is 0 Å². The molecule has 1 aliphatic heterocycles. The van der Waals surface area contributed by atoms with E-state index in [1.807, 2.05) is 26.0 Å². The molecule has 128 valence electrons. The first kappa shape index (κ1) is 15.6. The SMILES string of the molecule is Cc1n[nH]c(C)c1[C@@H]1CCCN1C(=O)c1cc2ccccc2oc1=O. The number of hydrogen-bond acceptors (Lipinski definition) is 4. The first-order valence-corrected chi connectivity index (χ1v) is 8.41. The van der Waals surface area contributed by atoms with E-state index in [0.717, 1.165) is 35.2 Å². The van der Waals surface area contributed by atoms with Gasteiger partial charge >= 0.3 is 5.63 Å². The summed E-state index contributed by atoms with van der Waals surface area (Å²) in [6.07, 6.45) is 1.77. The predicted octanol–water partition coefficient (Wildman–Crippen LogP) is 3.11. The standard InChI is InChI=1S/C19H19N3O3/c1-11-17(12(2)21-20-11)15-7-5-9-22(15)18(23)14-10-13-6-3-4-8-16(13)25-19(14)24/h3-4,6,8,10,15H,5,7,9H2,1-2H3,(H,20,21)/t15-/m0/s1. The molecule has 0 aliphatic carbocycles. The van der Waals surface area contributed by atoms with Gasteiger partial charge in [-0.15, -0.1) is 0 Å². The highest BCUT2D eigenvalue weighted by Gasteiger charge is 2.34. The molecule has 1 amide bonds. The van der Waals surface area contributed by atoms with Gasteiger partial charge in [-0.05, 0) is 38.8 Å². The van der Waals surface area contributed by atoms with E-state index in [4.69, 9.17) is 4.42 Å². The number of nitrogens with zero attached hydrogens (tertiary/aromatic N) is 2. The second-order valence-corrected chi connectivity index (χ2v) is 6.49. The monoisotopic (exact) mass is 337 g/mol. The van der Waals surface area contributed by atoms with E-state index in [1.54, 1.807) is 23.1 Å². The lowest BCUT2D eigenvalue weighted by Gasteiger charge is -2.25. The normalized spacial score (nSPS) is 17.4. The molecule has 1 fully saturated rings. The van der Waals surface area contributed by atoms with Crippen LogP contribution in [0.1, 0.15) is 46.2 Å². The van der Waals surface area contributed by atoms with Crippen LogP contribution in [0.5, 0.6) is 0 Å². The summed E-state index contributed by atoms with van der Waals surface area (Å²) in [4.78, 5) is 27.2. The molecular weight excluding hydrogens is 318 g/mol. The van der Waals surface area contributed by atoms with Gasteiger partial charge in [-0.2, -0.15) is 5.10 Å². The van der Waals surface area contributed by atoms with Crippen molar-refractivity contribution in [2.45, 2.75) is 32.7 Å². The fourth-order valence-corrected chi connectivity index (χ4v) is 3.73. The zero-order valence-electron chi connectivity index (χ0n) is 14.2. The number of likely N-dealkylation sites (tertiary alicyclic amines) is 1. The van der Waals surface area contributed by atoms with Crippen molar-refractivity contribution in [2.75, 3.05) is 6.54 Å². The molecular formula is C19H19N3O3. The summed E-state index contributed by atoms with van der Waals surface area (Å²) >= 11 is 0. The number of aromatic amines is 1. The summed E-state index contributed by atoms with van der Waals surface area (Å²) in [6, 6.07) is 8.79. The average molecular weight is 337 g/mol. The van der Waals surface area contributed by atoms with E-state index in [2.05, 4.69) is 10.2 Å². The number of nitrogens with one attached hydrogen (secondary N) is 1. The van der Waals surface area contributed by atoms with Crippen LogP contribution in [0.4, 0.5) is 0 Å². The van der Waals surface area contributed by atoms with Crippen LogP contribution in [0.2, 0.25) is 0 Å². The molecule has 0 bridgehead atoms. The van der Waals surface area contributed by atoms with Crippen molar-refractivity contribution < 1.29 is 9.21 Å². The Kier molecular flexibility index (Phi) is 3.67. The minimum Gasteiger partial charge on any atom is -0.422 e. The van der Waals surface area contributed by atoms with Crippen LogP contribution in [0.3, 0.4) is 0 Å². The van der Waals surface area contributed by atoms with Crippen molar-refractivity contribution in [3.63, 3.8) is 0 Å². The Labute approximate surface area is 144 Å². The summed E-state index contributed by atoms with van der Waals surface area (Å²) in [6.45, 7) is 4.52. The molecule has 6 nitrogen and oxygen atoms in total. The molecule has 25 heavy (non-hydrogen) atoms. The Bertz CT molecular complexity index is 999. The van der Waals surface area contributed by atoms with Crippen LogP contribution in [0.15, 0.2) is 39.5 Å². The van der Waals surface area contributed by atoms with Crippen molar-refractivity contribution in [1.29, 1.82) is 0 Å². The third-order valence-corrected chi connectivity index (χ3v) is 4.90. The minimum atomic E-state index is -0.588. The molecule has 0 radical (unpaired) electrons. The second kappa shape index (κ2) is 5.88. The van der Waals surface area contributed by atoms with Gasteiger partial charge in [0.05, 0.1) is 11.7 Å². The molecule has 0 saturated carbocycles. The van der Waals surface area contributed by atoms with E-state index < -0.39 is 5.63 Å². The van der Waals surface area contributed by atoms with Crippen LogP contribution in [0, 0.1) is 13.8 Å². The summed E-state index contributed by atoms with van der Waals surface area (Å²) in [7, 11) is 0. The molecule has 1 atom stereocenters. The average Bonchev–Trinajstić information content (AvgIpc) is 3.20. The molecule has 1 N–H and O–H groups in total. The largest absolute Gasteiger partial charge is 0.422 e. The number of fused-ring (bicyclic) bond motifs is 1. The number of carbonyl (C=O) groups excluding carboxylic acids is 1. The van der Waals surface area contributed by atoms with Crippen molar-refractivity contribution >= 4 is 16.9 Å². The molecule has 3 heterocycles. The number of H-pyrrole nitrogens is 1. The number of aromatic nitrogens is 2. The quantitative estimate of drug-likeness (QED) is 0.729. The number of rotatable bonds is 2. The molecule has 0 spiro atoms. The number of benzene rings is 1. The maximum atomic E-state index is 13.1. The molecule has 3 aromatic rings. The van der Waals surface area contributed by atoms with Gasteiger partial charge in [0.1, 0.15) is 11.1 Å². The van der Waals surface area contributed by atoms with Crippen molar-refractivity contribution in [3.8, 4) is 0 Å². The molecule has 0 unspecified atom stereocenters. The number of para-hydroxylation sites is 1. The van der Waals surface area contributed by atoms with Gasteiger partial charge in [-0.1, -0.05) is 18.2 Å². The predicted molar refractivity (Wildman–Crippen MR) is 93.6 cm³/mol. The summed E-state index contributed by atoms with van der Waals surface area (Å²) in [5.41, 5.74) is 2.90. The van der Waals surface area contributed by atoms with Gasteiger partial charge < -0.3 is 9.32 Å². The molecule has 2 aromatic heterocycles. The van der Waals surface area contributed by atoms with Crippen LogP contribution in [-0.4, -0.2) is 27.5 Å². The van der Waals surface area contributed by atoms with Crippen LogP contribution < -0.4 is 5.63 Å². The van der Waals surface area contributed by atoms with Gasteiger partial charge in [-0.25, -0.2) is 4.79 Å². The fraction of sp³-hybridized carbons (Fsp3) is 0.316. The topological polar surface area (TPSA) is 79.2 Å². The summed E-state index contributed by atoms with van der Waals surface area (Å²) in [5.74, 6) is -0.276. The molecule has 4 rings (SSSR count). The Hall–Kier alpha value is -2.89. The van der Waals surface area contributed by atoms with Gasteiger partial charge in [0.25, 0.3) is 5.91 Å². The van der Waals surface area contributed by atoms with E-state index in [0.29, 0.717) is 12.1 Å². The zero-order chi connectivity index (χ0) is 17.6. The van der Waals surface area contributed by atoms with E-state index >= 15 is 0 Å². The number of amides is 1. The lowest BCUT2D eigenvalue weighted by Crippen LogP contribution is -2.34. The summed E-state index contributed by atoms with van der Waals surface area (Å²) < 4.78 is 5.33. The summed E-state index contributed by atoms with van der Waals surface area (Å²) in [5, 5.41) is 7.97. The molecule has 1 saturated heterocycles. The number of carbonyl (C=O) groups is 1. The highest BCUT2D eigenvalue weighted by molar-refractivity contribution is 5.97. The van der Waals surface area contributed by atoms with Gasteiger partial charge in [0.2, 0.25) is 0 Å². The smallest absolute Gasteiger partial charge is 0.349 e. The molecule has 1 aromatic carbocycles. The third-order valence-electron chi connectivity index (χ3n) is 4.90. The Morgan fingerprint density at radius 2 is 2.12 bits per heavy atom. The maximum Gasteiger partial charge on any atom is 0.349 e. The van der Waals surface area contributed by atoms with Crippen molar-refractivity contribution in [2.24, 2.45) is 0 Å². The Morgan fingerprint density at radius 1 is 1.32 bits per heavy atom. The first-order chi connectivity index (χ1) is 12.1. The zero-order valence-corrected chi connectivity index (χ0v) is 14.2. The van der Waals surface area contributed by atoms with E-state index in [9.17, 15) is 9.59 Å². The minimum absolute atomic E-state index is 0.0582. The van der Waals surface area contributed by atoms with E-state index in [1.165, 1.54) is 0 Å². The Morgan fingerprint density at radius 3 is 2.88 bits per heavy atom. The molecule has 6 heteroatoms. The van der Waals surface area contributed by atoms with Crippen LogP contribution in [0.25, 0.3) is 11.0 Å². The number of aryl methyl sites for hydroxylation is 2. The van der Waals surface area contributed by atoms with Gasteiger partial charge in [0, 0.05) is 23.2 Å². The number of hydrogen-bond donors (Lipinski definition) is 1. The Balaban J connectivity index is 1.75. The van der Waals surface area contributed by atoms with Gasteiger partial charge in [-0.3, -0.25) is 9.89 Å². The lowest BCUT2D eigenvalue weighted by atomic mass is 10.0. The van der Waals surface area contributed by atoms with Gasteiger partial charge in [0.15, 0.2) is 0 Å². The maximum absolute atomic E-state index is 13.1. The van der Waals surface area contributed by atoms with E-state index in [-0.39, 0.29) is 17.5 Å². The van der Waals surface area contributed by atoms with Crippen LogP contribution in [-0.2, 0) is 0 Å². The fourth-order valence-electron chi connectivity index (χ4n) is 3.73.